The monoisotopic (exact) mass is 264 g/mol. The average Bonchev–Trinajstić information content (AvgIpc) is 2.85. The predicted octanol–water partition coefficient (Wildman–Crippen LogP) is 1.02. The van der Waals surface area contributed by atoms with Crippen molar-refractivity contribution in [2.24, 2.45) is 5.41 Å². The minimum Gasteiger partial charge on any atom is -0.382 e. The van der Waals surface area contributed by atoms with Crippen molar-refractivity contribution in [1.29, 1.82) is 0 Å². The van der Waals surface area contributed by atoms with Gasteiger partial charge in [-0.1, -0.05) is 0 Å². The van der Waals surface area contributed by atoms with Crippen LogP contribution in [-0.2, 0) is 4.74 Å². The van der Waals surface area contributed by atoms with E-state index in [-0.39, 0.29) is 11.3 Å². The SMILES string of the molecule is Nc1cc(C(=O)N2CCCC3(CCOCC3)C2)[nH]n1. The second-order valence-corrected chi connectivity index (χ2v) is 5.65. The van der Waals surface area contributed by atoms with Crippen LogP contribution in [0.3, 0.4) is 0 Å². The highest BCUT2D eigenvalue weighted by atomic mass is 16.5. The van der Waals surface area contributed by atoms with E-state index in [1.165, 1.54) is 6.42 Å². The lowest BCUT2D eigenvalue weighted by Crippen LogP contribution is -2.48. The van der Waals surface area contributed by atoms with E-state index in [1.54, 1.807) is 6.07 Å². The number of anilines is 1. The predicted molar refractivity (Wildman–Crippen MR) is 70.6 cm³/mol. The summed E-state index contributed by atoms with van der Waals surface area (Å²) in [5, 5.41) is 6.52. The Balaban J connectivity index is 1.72. The number of hydrogen-bond acceptors (Lipinski definition) is 4. The molecule has 2 fully saturated rings. The molecule has 3 rings (SSSR count). The molecule has 1 spiro atoms. The van der Waals surface area contributed by atoms with Gasteiger partial charge in [0, 0.05) is 32.4 Å². The van der Waals surface area contributed by atoms with E-state index >= 15 is 0 Å². The molecular formula is C13H20N4O2. The van der Waals surface area contributed by atoms with Gasteiger partial charge in [-0.25, -0.2) is 0 Å². The fourth-order valence-electron chi connectivity index (χ4n) is 3.21. The first-order chi connectivity index (χ1) is 9.19. The number of carbonyl (C=O) groups excluding carboxylic acids is 1. The number of carbonyl (C=O) groups is 1. The van der Waals surface area contributed by atoms with E-state index in [1.807, 2.05) is 4.90 Å². The largest absolute Gasteiger partial charge is 0.382 e. The van der Waals surface area contributed by atoms with Crippen LogP contribution in [0.25, 0.3) is 0 Å². The van der Waals surface area contributed by atoms with Crippen molar-refractivity contribution < 1.29 is 9.53 Å². The Morgan fingerprint density at radius 2 is 2.21 bits per heavy atom. The van der Waals surface area contributed by atoms with Crippen LogP contribution in [0, 0.1) is 5.41 Å². The van der Waals surface area contributed by atoms with Crippen LogP contribution < -0.4 is 5.73 Å². The lowest BCUT2D eigenvalue weighted by molar-refractivity contribution is -0.0230. The van der Waals surface area contributed by atoms with Crippen LogP contribution in [0.2, 0.25) is 0 Å². The summed E-state index contributed by atoms with van der Waals surface area (Å²) in [6.07, 6.45) is 4.38. The van der Waals surface area contributed by atoms with Crippen molar-refractivity contribution in [2.45, 2.75) is 25.7 Å². The van der Waals surface area contributed by atoms with Gasteiger partial charge in [0.25, 0.3) is 5.91 Å². The number of rotatable bonds is 1. The van der Waals surface area contributed by atoms with Gasteiger partial charge in [-0.3, -0.25) is 9.89 Å². The highest BCUT2D eigenvalue weighted by Crippen LogP contribution is 2.39. The number of hydrogen-bond donors (Lipinski definition) is 2. The van der Waals surface area contributed by atoms with Gasteiger partial charge in [-0.15, -0.1) is 0 Å². The first-order valence-electron chi connectivity index (χ1n) is 6.86. The molecule has 3 N–H and O–H groups in total. The standard InChI is InChI=1S/C13H20N4O2/c14-11-8-10(15-16-11)12(18)17-5-1-2-13(9-17)3-6-19-7-4-13/h8H,1-7,9H2,(H3,14,15,16). The lowest BCUT2D eigenvalue weighted by Gasteiger charge is -2.44. The van der Waals surface area contributed by atoms with Gasteiger partial charge in [0.2, 0.25) is 0 Å². The van der Waals surface area contributed by atoms with Crippen molar-refractivity contribution in [3.05, 3.63) is 11.8 Å². The maximum atomic E-state index is 12.4. The fraction of sp³-hybridized carbons (Fsp3) is 0.692. The molecule has 0 aromatic carbocycles. The Morgan fingerprint density at radius 3 is 2.89 bits per heavy atom. The maximum Gasteiger partial charge on any atom is 0.271 e. The number of aromatic amines is 1. The van der Waals surface area contributed by atoms with E-state index in [4.69, 9.17) is 10.5 Å². The first-order valence-corrected chi connectivity index (χ1v) is 6.86. The second-order valence-electron chi connectivity index (χ2n) is 5.65. The smallest absolute Gasteiger partial charge is 0.271 e. The van der Waals surface area contributed by atoms with Crippen molar-refractivity contribution in [3.63, 3.8) is 0 Å². The van der Waals surface area contributed by atoms with Crippen LogP contribution in [0.5, 0.6) is 0 Å². The molecular weight excluding hydrogens is 244 g/mol. The number of nitrogens with one attached hydrogen (secondary N) is 1. The Labute approximate surface area is 112 Å². The van der Waals surface area contributed by atoms with Crippen LogP contribution in [0.4, 0.5) is 5.82 Å². The molecule has 0 unspecified atom stereocenters. The summed E-state index contributed by atoms with van der Waals surface area (Å²) < 4.78 is 5.44. The number of nitrogen functional groups attached to an aromatic ring is 1. The second kappa shape index (κ2) is 4.85. The zero-order chi connectivity index (χ0) is 13.3. The van der Waals surface area contributed by atoms with E-state index in [9.17, 15) is 4.79 Å². The zero-order valence-corrected chi connectivity index (χ0v) is 11.0. The fourth-order valence-corrected chi connectivity index (χ4v) is 3.21. The van der Waals surface area contributed by atoms with Crippen LogP contribution in [0.15, 0.2) is 6.07 Å². The summed E-state index contributed by atoms with van der Waals surface area (Å²) in [6, 6.07) is 1.60. The minimum atomic E-state index is 0.00904. The molecule has 3 heterocycles. The Kier molecular flexibility index (Phi) is 3.18. The molecule has 0 bridgehead atoms. The third-order valence-corrected chi connectivity index (χ3v) is 4.33. The number of nitrogens with zero attached hydrogens (tertiary/aromatic N) is 2. The first kappa shape index (κ1) is 12.5. The number of amides is 1. The van der Waals surface area contributed by atoms with Gasteiger partial charge < -0.3 is 15.4 Å². The van der Waals surface area contributed by atoms with E-state index in [0.717, 1.165) is 45.6 Å². The van der Waals surface area contributed by atoms with E-state index < -0.39 is 0 Å². The minimum absolute atomic E-state index is 0.00904. The molecule has 2 saturated heterocycles. The molecule has 0 saturated carbocycles. The van der Waals surface area contributed by atoms with Crippen molar-refractivity contribution in [1.82, 2.24) is 15.1 Å². The summed E-state index contributed by atoms with van der Waals surface area (Å²) in [5.74, 6) is 0.371. The molecule has 6 nitrogen and oxygen atoms in total. The maximum absolute atomic E-state index is 12.4. The molecule has 104 valence electrons. The molecule has 1 aromatic heterocycles. The normalized spacial score (nSPS) is 22.6. The summed E-state index contributed by atoms with van der Waals surface area (Å²) in [5.41, 5.74) is 6.30. The summed E-state index contributed by atoms with van der Waals surface area (Å²) in [7, 11) is 0. The molecule has 0 atom stereocenters. The molecule has 2 aliphatic heterocycles. The number of nitrogens with two attached hydrogens (primary N) is 1. The molecule has 0 radical (unpaired) electrons. The summed E-state index contributed by atoms with van der Waals surface area (Å²) in [6.45, 7) is 3.28. The van der Waals surface area contributed by atoms with E-state index in [0.29, 0.717) is 11.5 Å². The molecule has 1 aromatic rings. The van der Waals surface area contributed by atoms with Gasteiger partial charge in [0.1, 0.15) is 11.5 Å². The molecule has 19 heavy (non-hydrogen) atoms. The van der Waals surface area contributed by atoms with Gasteiger partial charge >= 0.3 is 0 Å². The zero-order valence-electron chi connectivity index (χ0n) is 11.0. The van der Waals surface area contributed by atoms with Crippen LogP contribution >= 0.6 is 0 Å². The topological polar surface area (TPSA) is 84.2 Å². The molecule has 1 amide bonds. The Hall–Kier alpha value is -1.56. The number of likely N-dealkylation sites (tertiary alicyclic amines) is 1. The van der Waals surface area contributed by atoms with Gasteiger partial charge in [0.15, 0.2) is 0 Å². The molecule has 2 aliphatic rings. The number of ether oxygens (including phenoxy) is 1. The summed E-state index contributed by atoms with van der Waals surface area (Å²) >= 11 is 0. The third kappa shape index (κ3) is 2.45. The highest BCUT2D eigenvalue weighted by Gasteiger charge is 2.38. The van der Waals surface area contributed by atoms with Crippen molar-refractivity contribution in [3.8, 4) is 0 Å². The number of H-pyrrole nitrogens is 1. The highest BCUT2D eigenvalue weighted by molar-refractivity contribution is 5.93. The van der Waals surface area contributed by atoms with E-state index in [2.05, 4.69) is 10.2 Å². The van der Waals surface area contributed by atoms with Crippen molar-refractivity contribution in [2.75, 3.05) is 32.0 Å². The summed E-state index contributed by atoms with van der Waals surface area (Å²) in [4.78, 5) is 14.3. The van der Waals surface area contributed by atoms with Crippen LogP contribution in [0.1, 0.15) is 36.2 Å². The lowest BCUT2D eigenvalue weighted by atomic mass is 9.74. The van der Waals surface area contributed by atoms with Gasteiger partial charge in [-0.2, -0.15) is 5.10 Å². The molecule has 6 heteroatoms. The average molecular weight is 264 g/mol. The molecule has 0 aliphatic carbocycles. The van der Waals surface area contributed by atoms with Gasteiger partial charge in [0.05, 0.1) is 0 Å². The quantitative estimate of drug-likeness (QED) is 0.793. The Morgan fingerprint density at radius 1 is 1.42 bits per heavy atom. The number of piperidine rings is 1. The van der Waals surface area contributed by atoms with Gasteiger partial charge in [-0.05, 0) is 31.1 Å². The third-order valence-electron chi connectivity index (χ3n) is 4.33. The van der Waals surface area contributed by atoms with Crippen LogP contribution in [-0.4, -0.2) is 47.3 Å². The Bertz CT molecular complexity index is 459. The number of aromatic nitrogens is 2. The van der Waals surface area contributed by atoms with Crippen molar-refractivity contribution >= 4 is 11.7 Å².